The van der Waals surface area contributed by atoms with E-state index in [0.717, 1.165) is 12.0 Å². The first-order valence-electron chi connectivity index (χ1n) is 8.63. The number of hydrogen-bond acceptors (Lipinski definition) is 5. The molecule has 1 aromatic carbocycles. The molecule has 0 spiro atoms. The zero-order valence-corrected chi connectivity index (χ0v) is 15.4. The van der Waals surface area contributed by atoms with E-state index >= 15 is 0 Å². The quantitative estimate of drug-likeness (QED) is 0.730. The largest absolute Gasteiger partial charge is 0.382 e. The van der Waals surface area contributed by atoms with Crippen LogP contribution in [0.2, 0.25) is 0 Å². The molecular formula is C18H25N3O3S. The van der Waals surface area contributed by atoms with Crippen LogP contribution >= 0.6 is 11.8 Å². The monoisotopic (exact) mass is 363 g/mol. The zero-order valence-electron chi connectivity index (χ0n) is 14.6. The highest BCUT2D eigenvalue weighted by atomic mass is 32.2. The van der Waals surface area contributed by atoms with Crippen molar-refractivity contribution in [3.05, 3.63) is 35.9 Å². The van der Waals surface area contributed by atoms with Gasteiger partial charge in [-0.15, -0.1) is 11.8 Å². The fraction of sp³-hybridized carbons (Fsp3) is 0.556. The van der Waals surface area contributed by atoms with Gasteiger partial charge in [0.2, 0.25) is 5.91 Å². The third-order valence-electron chi connectivity index (χ3n) is 5.05. The topological polar surface area (TPSA) is 86.9 Å². The molecule has 0 bridgehead atoms. The van der Waals surface area contributed by atoms with E-state index in [-0.39, 0.29) is 10.8 Å². The van der Waals surface area contributed by atoms with E-state index in [0.29, 0.717) is 18.8 Å². The number of carbonyl (C=O) groups is 2. The van der Waals surface area contributed by atoms with Gasteiger partial charge in [0.15, 0.2) is 0 Å². The van der Waals surface area contributed by atoms with Crippen LogP contribution in [0.1, 0.15) is 25.8 Å². The second-order valence-electron chi connectivity index (χ2n) is 6.83. The fourth-order valence-electron chi connectivity index (χ4n) is 3.63. The van der Waals surface area contributed by atoms with Crippen LogP contribution in [-0.2, 0) is 16.0 Å². The number of aliphatic hydroxyl groups is 1. The van der Waals surface area contributed by atoms with Crippen molar-refractivity contribution in [2.45, 2.75) is 49.7 Å². The van der Waals surface area contributed by atoms with Crippen molar-refractivity contribution in [1.29, 1.82) is 0 Å². The fourth-order valence-corrected chi connectivity index (χ4v) is 5.03. The van der Waals surface area contributed by atoms with Crippen molar-refractivity contribution in [2.24, 2.45) is 5.73 Å². The molecule has 2 heterocycles. The van der Waals surface area contributed by atoms with Crippen molar-refractivity contribution < 1.29 is 14.7 Å². The maximum atomic E-state index is 12.7. The number of amides is 2. The van der Waals surface area contributed by atoms with E-state index < -0.39 is 24.1 Å². The maximum absolute atomic E-state index is 12.7. The van der Waals surface area contributed by atoms with Crippen LogP contribution in [0.5, 0.6) is 0 Å². The lowest BCUT2D eigenvalue weighted by Crippen LogP contribution is -2.74. The van der Waals surface area contributed by atoms with Crippen LogP contribution < -0.4 is 5.73 Å². The summed E-state index contributed by atoms with van der Waals surface area (Å²) >= 11 is 1.57. The molecule has 0 aliphatic carbocycles. The summed E-state index contributed by atoms with van der Waals surface area (Å²) < 4.78 is 0. The van der Waals surface area contributed by atoms with E-state index in [9.17, 15) is 14.7 Å². The molecule has 1 aromatic rings. The number of β-lactam (4-membered cyclic amide) rings is 1. The van der Waals surface area contributed by atoms with Crippen LogP contribution in [0.3, 0.4) is 0 Å². The highest BCUT2D eigenvalue weighted by Gasteiger charge is 2.64. The molecule has 25 heavy (non-hydrogen) atoms. The van der Waals surface area contributed by atoms with E-state index in [1.165, 1.54) is 4.90 Å². The van der Waals surface area contributed by atoms with Gasteiger partial charge in [-0.05, 0) is 25.3 Å². The van der Waals surface area contributed by atoms with Crippen molar-refractivity contribution in [3.63, 3.8) is 0 Å². The molecular weight excluding hydrogens is 338 g/mol. The predicted octanol–water partition coefficient (Wildman–Crippen LogP) is 0.787. The molecule has 2 aliphatic rings. The summed E-state index contributed by atoms with van der Waals surface area (Å²) in [5.41, 5.74) is 7.03. The van der Waals surface area contributed by atoms with Crippen LogP contribution in [0.25, 0.3) is 0 Å². The van der Waals surface area contributed by atoms with Crippen molar-refractivity contribution >= 4 is 23.6 Å². The highest BCUT2D eigenvalue weighted by Crippen LogP contribution is 2.50. The molecule has 4 atom stereocenters. The lowest BCUT2D eigenvalue weighted by atomic mass is 9.93. The molecule has 0 aromatic heterocycles. The normalized spacial score (nSPS) is 27.7. The summed E-state index contributed by atoms with van der Waals surface area (Å²) in [4.78, 5) is 28.1. The van der Waals surface area contributed by atoms with Gasteiger partial charge in [0, 0.05) is 12.6 Å². The van der Waals surface area contributed by atoms with Crippen molar-refractivity contribution in [1.82, 2.24) is 9.80 Å². The third kappa shape index (κ3) is 3.05. The second kappa shape index (κ2) is 6.97. The minimum absolute atomic E-state index is 0.0356. The van der Waals surface area contributed by atoms with Gasteiger partial charge in [-0.25, -0.2) is 0 Å². The number of hydrogen-bond donors (Lipinski definition) is 2. The molecule has 2 aliphatic heterocycles. The summed E-state index contributed by atoms with van der Waals surface area (Å²) in [6.45, 7) is 4.71. The first kappa shape index (κ1) is 18.2. The molecule has 3 N–H and O–H groups in total. The van der Waals surface area contributed by atoms with Crippen molar-refractivity contribution in [2.75, 3.05) is 12.4 Å². The molecule has 0 saturated carbocycles. The molecule has 3 rings (SSSR count). The van der Waals surface area contributed by atoms with Gasteiger partial charge >= 0.3 is 0 Å². The molecule has 136 valence electrons. The number of carbonyl (C=O) groups excluding carboxylic acids is 2. The maximum Gasteiger partial charge on any atom is 0.254 e. The minimum Gasteiger partial charge on any atom is -0.382 e. The Bertz CT molecular complexity index is 656. The van der Waals surface area contributed by atoms with Crippen LogP contribution in [0, 0.1) is 0 Å². The highest BCUT2D eigenvalue weighted by molar-refractivity contribution is 8.01. The van der Waals surface area contributed by atoms with Gasteiger partial charge in [0.25, 0.3) is 5.91 Å². The average molecular weight is 363 g/mol. The Morgan fingerprint density at radius 2 is 2.12 bits per heavy atom. The molecule has 2 unspecified atom stereocenters. The average Bonchev–Trinajstić information content (AvgIpc) is 2.93. The number of rotatable bonds is 6. The molecule has 7 heteroatoms. The first-order chi connectivity index (χ1) is 11.9. The van der Waals surface area contributed by atoms with E-state index in [1.54, 1.807) is 11.8 Å². The minimum atomic E-state index is -1.31. The third-order valence-corrected chi connectivity index (χ3v) is 6.49. The van der Waals surface area contributed by atoms with Gasteiger partial charge in [-0.1, -0.05) is 37.3 Å². The SMILES string of the molecule is CCCN1C(=O)[C@H]2N(C(=O)[C@@H](O)C(N)Cc3ccccc3)CSC21C. The number of aliphatic hydroxyl groups excluding tert-OH is 1. The summed E-state index contributed by atoms with van der Waals surface area (Å²) in [7, 11) is 0. The van der Waals surface area contributed by atoms with Crippen LogP contribution in [0.4, 0.5) is 0 Å². The van der Waals surface area contributed by atoms with Gasteiger partial charge in [-0.3, -0.25) is 9.59 Å². The molecule has 2 amide bonds. The molecule has 6 nitrogen and oxygen atoms in total. The summed E-state index contributed by atoms with van der Waals surface area (Å²) in [6.07, 6.45) is -0.0177. The predicted molar refractivity (Wildman–Crippen MR) is 97.6 cm³/mol. The summed E-state index contributed by atoms with van der Waals surface area (Å²) in [6, 6.07) is 8.34. The zero-order chi connectivity index (χ0) is 18.2. The first-order valence-corrected chi connectivity index (χ1v) is 9.62. The van der Waals surface area contributed by atoms with E-state index in [2.05, 4.69) is 0 Å². The van der Waals surface area contributed by atoms with Gasteiger partial charge in [0.1, 0.15) is 17.0 Å². The Hall–Kier alpha value is -1.57. The lowest BCUT2D eigenvalue weighted by Gasteiger charge is -2.52. The number of nitrogens with zero attached hydrogens (tertiary/aromatic N) is 2. The van der Waals surface area contributed by atoms with E-state index in [4.69, 9.17) is 5.73 Å². The number of benzene rings is 1. The Morgan fingerprint density at radius 1 is 1.44 bits per heavy atom. The standard InChI is InChI=1S/C18H25N3O3S/c1-3-9-21-17(24)15-18(21,2)25-11-20(15)16(23)14(22)13(19)10-12-7-5-4-6-8-12/h4-8,13-15,22H,3,9-11,19H2,1-2H3/t13?,14-,15+,18?/m0/s1. The van der Waals surface area contributed by atoms with Crippen molar-refractivity contribution in [3.8, 4) is 0 Å². The second-order valence-corrected chi connectivity index (χ2v) is 8.20. The number of fused-ring (bicyclic) bond motifs is 1. The van der Waals surface area contributed by atoms with Gasteiger partial charge < -0.3 is 20.6 Å². The summed E-state index contributed by atoms with van der Waals surface area (Å²) in [5.74, 6) is -0.0816. The molecule has 2 saturated heterocycles. The van der Waals surface area contributed by atoms with E-state index in [1.807, 2.05) is 49.1 Å². The Balaban J connectivity index is 1.66. The number of thioether (sulfide) groups is 1. The Labute approximate surface area is 152 Å². The number of nitrogens with two attached hydrogens (primary N) is 1. The number of likely N-dealkylation sites (tertiary alicyclic amines) is 1. The molecule has 2 fully saturated rings. The van der Waals surface area contributed by atoms with Gasteiger partial charge in [0.05, 0.1) is 5.88 Å². The van der Waals surface area contributed by atoms with Crippen LogP contribution in [0.15, 0.2) is 30.3 Å². The van der Waals surface area contributed by atoms with Gasteiger partial charge in [-0.2, -0.15) is 0 Å². The van der Waals surface area contributed by atoms with Crippen LogP contribution in [-0.4, -0.2) is 62.2 Å². The lowest BCUT2D eigenvalue weighted by molar-refractivity contribution is -0.167. The smallest absolute Gasteiger partial charge is 0.254 e. The summed E-state index contributed by atoms with van der Waals surface area (Å²) in [5, 5.41) is 10.4. The Kier molecular flexibility index (Phi) is 5.09. The molecule has 0 radical (unpaired) electrons. The Morgan fingerprint density at radius 3 is 2.76 bits per heavy atom.